The monoisotopic (exact) mass is 522 g/mol. The van der Waals surface area contributed by atoms with Gasteiger partial charge in [-0.15, -0.1) is 0 Å². The van der Waals surface area contributed by atoms with Crippen LogP contribution in [0.5, 0.6) is 5.75 Å². The van der Waals surface area contributed by atoms with Crippen LogP contribution in [0.1, 0.15) is 40.7 Å². The van der Waals surface area contributed by atoms with Crippen molar-refractivity contribution in [3.8, 4) is 11.8 Å². The number of hydrogen-bond acceptors (Lipinski definition) is 6. The zero-order valence-corrected chi connectivity index (χ0v) is 21.8. The van der Waals surface area contributed by atoms with Gasteiger partial charge in [-0.2, -0.15) is 5.26 Å². The van der Waals surface area contributed by atoms with Gasteiger partial charge >= 0.3 is 0 Å². The number of methoxy groups -OCH3 is 1. The van der Waals surface area contributed by atoms with Crippen molar-refractivity contribution in [3.05, 3.63) is 95.6 Å². The molecule has 5 rings (SSSR count). The van der Waals surface area contributed by atoms with Crippen molar-refractivity contribution in [1.29, 1.82) is 5.26 Å². The highest BCUT2D eigenvalue weighted by Crippen LogP contribution is 2.31. The first-order valence-electron chi connectivity index (χ1n) is 13.1. The molecule has 0 saturated carbocycles. The minimum atomic E-state index is -0.895. The summed E-state index contributed by atoms with van der Waals surface area (Å²) in [6, 6.07) is 24.4. The Labute approximate surface area is 228 Å². The number of anilines is 1. The molecule has 8 heteroatoms. The number of ether oxygens (including phenoxy) is 1. The van der Waals surface area contributed by atoms with Crippen molar-refractivity contribution in [2.24, 2.45) is 0 Å². The molecule has 0 N–H and O–H groups in total. The topological polar surface area (TPSA) is 93.9 Å². The Hall–Kier alpha value is -4.48. The molecule has 2 aliphatic rings. The number of rotatable bonds is 7. The smallest absolute Gasteiger partial charge is 0.257 e. The third-order valence-corrected chi connectivity index (χ3v) is 7.48. The fourth-order valence-electron chi connectivity index (χ4n) is 5.43. The van der Waals surface area contributed by atoms with E-state index in [0.29, 0.717) is 35.4 Å². The lowest BCUT2D eigenvalue weighted by Crippen LogP contribution is -2.54. The van der Waals surface area contributed by atoms with Crippen LogP contribution in [0, 0.1) is 11.3 Å². The summed E-state index contributed by atoms with van der Waals surface area (Å²) in [4.78, 5) is 45.9. The second kappa shape index (κ2) is 11.5. The molecule has 2 saturated heterocycles. The van der Waals surface area contributed by atoms with Crippen LogP contribution in [0.25, 0.3) is 0 Å². The van der Waals surface area contributed by atoms with Crippen molar-refractivity contribution >= 4 is 23.4 Å². The predicted molar refractivity (Wildman–Crippen MR) is 146 cm³/mol. The summed E-state index contributed by atoms with van der Waals surface area (Å²) >= 11 is 0. The highest BCUT2D eigenvalue weighted by atomic mass is 16.5. The van der Waals surface area contributed by atoms with E-state index in [1.807, 2.05) is 24.3 Å². The molecule has 0 spiro atoms. The number of benzene rings is 3. The van der Waals surface area contributed by atoms with E-state index in [0.717, 1.165) is 24.5 Å². The minimum absolute atomic E-state index is 0.0784. The molecule has 0 bridgehead atoms. The van der Waals surface area contributed by atoms with Gasteiger partial charge in [-0.3, -0.25) is 19.3 Å². The normalized spacial score (nSPS) is 18.2. The van der Waals surface area contributed by atoms with Crippen LogP contribution in [-0.4, -0.2) is 59.8 Å². The number of carbonyl (C=O) groups excluding carboxylic acids is 3. The van der Waals surface area contributed by atoms with E-state index in [1.165, 1.54) is 5.56 Å². The number of nitrogens with zero attached hydrogens (tertiary/aromatic N) is 4. The Balaban J connectivity index is 1.39. The van der Waals surface area contributed by atoms with Crippen LogP contribution in [0.2, 0.25) is 0 Å². The average molecular weight is 523 g/mol. The number of carbonyl (C=O) groups is 3. The highest BCUT2D eigenvalue weighted by molar-refractivity contribution is 6.23. The first-order chi connectivity index (χ1) is 19.0. The third kappa shape index (κ3) is 5.54. The summed E-state index contributed by atoms with van der Waals surface area (Å²) in [6.45, 7) is 2.38. The molecular formula is C31H30N4O4. The number of likely N-dealkylation sites (tertiary alicyclic amines) is 1. The van der Waals surface area contributed by atoms with E-state index in [1.54, 1.807) is 60.5 Å². The Morgan fingerprint density at radius 3 is 2.26 bits per heavy atom. The molecule has 3 aromatic rings. The fraction of sp³-hybridized carbons (Fsp3) is 0.290. The summed E-state index contributed by atoms with van der Waals surface area (Å²) in [5.74, 6) is -0.416. The highest BCUT2D eigenvalue weighted by Gasteiger charge is 2.47. The van der Waals surface area contributed by atoms with Crippen molar-refractivity contribution < 1.29 is 19.1 Å². The lowest BCUT2D eigenvalue weighted by atomic mass is 9.98. The van der Waals surface area contributed by atoms with Crippen LogP contribution in [0.3, 0.4) is 0 Å². The predicted octanol–water partition coefficient (Wildman–Crippen LogP) is 4.01. The minimum Gasteiger partial charge on any atom is -0.497 e. The van der Waals surface area contributed by atoms with Crippen LogP contribution < -0.4 is 9.64 Å². The third-order valence-electron chi connectivity index (χ3n) is 7.48. The average Bonchev–Trinajstić information content (AvgIpc) is 3.27. The van der Waals surface area contributed by atoms with Gasteiger partial charge in [0.15, 0.2) is 0 Å². The van der Waals surface area contributed by atoms with Crippen LogP contribution in [-0.2, 0) is 16.1 Å². The van der Waals surface area contributed by atoms with Gasteiger partial charge in [0.1, 0.15) is 11.8 Å². The Morgan fingerprint density at radius 1 is 0.974 bits per heavy atom. The molecule has 39 heavy (non-hydrogen) atoms. The van der Waals surface area contributed by atoms with E-state index in [-0.39, 0.29) is 24.3 Å². The zero-order chi connectivity index (χ0) is 27.4. The van der Waals surface area contributed by atoms with Gasteiger partial charge < -0.3 is 9.64 Å². The first kappa shape index (κ1) is 26.1. The van der Waals surface area contributed by atoms with E-state index >= 15 is 0 Å². The van der Waals surface area contributed by atoms with Crippen molar-refractivity contribution in [1.82, 2.24) is 9.80 Å². The van der Waals surface area contributed by atoms with Gasteiger partial charge in [-0.25, -0.2) is 4.90 Å². The van der Waals surface area contributed by atoms with Gasteiger partial charge in [0, 0.05) is 31.2 Å². The lowest BCUT2D eigenvalue weighted by Gasteiger charge is -2.40. The molecule has 0 aliphatic carbocycles. The van der Waals surface area contributed by atoms with E-state index in [9.17, 15) is 14.4 Å². The molecule has 198 valence electrons. The fourth-order valence-corrected chi connectivity index (χ4v) is 5.43. The maximum atomic E-state index is 13.9. The lowest BCUT2D eigenvalue weighted by molar-refractivity contribution is -0.123. The molecular weight excluding hydrogens is 492 g/mol. The van der Waals surface area contributed by atoms with Gasteiger partial charge in [0.25, 0.3) is 11.8 Å². The molecule has 0 radical (unpaired) electrons. The van der Waals surface area contributed by atoms with E-state index in [4.69, 9.17) is 10.00 Å². The summed E-state index contributed by atoms with van der Waals surface area (Å²) in [7, 11) is 1.56. The maximum absolute atomic E-state index is 13.9. The summed E-state index contributed by atoms with van der Waals surface area (Å²) in [6.07, 6.45) is 1.32. The molecule has 2 fully saturated rings. The molecule has 1 unspecified atom stereocenters. The SMILES string of the molecule is COc1ccc(C(=O)N(C2CCN(Cc3ccccc3)CC2)C2CC(=O)N(c3ccc(C#N)cc3)C2=O)cc1. The number of imide groups is 1. The van der Waals surface area contributed by atoms with Gasteiger partial charge in [-0.05, 0) is 66.9 Å². The molecule has 3 amide bonds. The summed E-state index contributed by atoms with van der Waals surface area (Å²) in [5, 5.41) is 9.11. The Morgan fingerprint density at radius 2 is 1.64 bits per heavy atom. The van der Waals surface area contributed by atoms with Crippen molar-refractivity contribution in [3.63, 3.8) is 0 Å². The van der Waals surface area contributed by atoms with Crippen molar-refractivity contribution in [2.75, 3.05) is 25.1 Å². The molecule has 2 aliphatic heterocycles. The molecule has 3 aromatic carbocycles. The van der Waals surface area contributed by atoms with Gasteiger partial charge in [0.2, 0.25) is 5.91 Å². The number of nitriles is 1. The zero-order valence-electron chi connectivity index (χ0n) is 21.8. The largest absolute Gasteiger partial charge is 0.497 e. The maximum Gasteiger partial charge on any atom is 0.257 e. The molecule has 0 aromatic heterocycles. The number of hydrogen-bond donors (Lipinski definition) is 0. The first-order valence-corrected chi connectivity index (χ1v) is 13.1. The molecule has 2 heterocycles. The van der Waals surface area contributed by atoms with E-state index < -0.39 is 11.9 Å². The number of piperidine rings is 1. The quantitative estimate of drug-likeness (QED) is 0.436. The Bertz CT molecular complexity index is 1370. The standard InChI is InChI=1S/C31H30N4O4/c1-39-27-13-9-24(10-14-27)30(37)34(26-15-17-33(18-16-26)21-23-5-3-2-4-6-23)28-19-29(36)35(31(28)38)25-11-7-22(20-32)8-12-25/h2-14,26,28H,15-19,21H2,1H3. The molecule has 1 atom stereocenters. The molecule has 8 nitrogen and oxygen atoms in total. The van der Waals surface area contributed by atoms with Gasteiger partial charge in [-0.1, -0.05) is 30.3 Å². The van der Waals surface area contributed by atoms with Crippen molar-refractivity contribution in [2.45, 2.75) is 37.9 Å². The number of amides is 3. The second-order valence-corrected chi connectivity index (χ2v) is 9.88. The summed E-state index contributed by atoms with van der Waals surface area (Å²) in [5.41, 5.74) is 2.52. The Kier molecular flexibility index (Phi) is 7.71. The van der Waals surface area contributed by atoms with E-state index in [2.05, 4.69) is 17.0 Å². The summed E-state index contributed by atoms with van der Waals surface area (Å²) < 4.78 is 5.24. The van der Waals surface area contributed by atoms with Crippen LogP contribution in [0.15, 0.2) is 78.9 Å². The second-order valence-electron chi connectivity index (χ2n) is 9.88. The van der Waals surface area contributed by atoms with Crippen LogP contribution in [0.4, 0.5) is 5.69 Å². The van der Waals surface area contributed by atoms with Gasteiger partial charge in [0.05, 0.1) is 30.9 Å². The van der Waals surface area contributed by atoms with Crippen LogP contribution >= 0.6 is 0 Å².